The molecule has 1 aliphatic carbocycles. The zero-order valence-corrected chi connectivity index (χ0v) is 10.8. The number of halogens is 1. The predicted octanol–water partition coefficient (Wildman–Crippen LogP) is 2.35. The van der Waals surface area contributed by atoms with Crippen LogP contribution in [-0.4, -0.2) is 20.2 Å². The Hall–Kier alpha value is -1.03. The molecule has 1 aromatic rings. The molecule has 4 heteroatoms. The van der Waals surface area contributed by atoms with E-state index in [9.17, 15) is 4.79 Å². The maximum absolute atomic E-state index is 11.5. The van der Waals surface area contributed by atoms with Crippen molar-refractivity contribution in [2.24, 2.45) is 5.92 Å². The molecule has 86 valence electrons. The van der Waals surface area contributed by atoms with Crippen molar-refractivity contribution in [3.05, 3.63) is 27.7 Å². The number of carbonyl (C=O) groups excluding carboxylic acids is 1. The Morgan fingerprint density at radius 1 is 1.31 bits per heavy atom. The minimum atomic E-state index is -0.133. The first kappa shape index (κ1) is 11.5. The second-order valence-corrected chi connectivity index (χ2v) is 4.74. The van der Waals surface area contributed by atoms with E-state index in [0.717, 1.165) is 23.1 Å². The van der Waals surface area contributed by atoms with Crippen LogP contribution in [0.15, 0.2) is 16.6 Å². The number of fused-ring (bicyclic) bond motifs is 1. The molecule has 1 unspecified atom stereocenters. The Morgan fingerprint density at radius 3 is 2.50 bits per heavy atom. The van der Waals surface area contributed by atoms with Gasteiger partial charge in [-0.25, -0.2) is 0 Å². The third kappa shape index (κ3) is 1.94. The number of hydrogen-bond acceptors (Lipinski definition) is 3. The molecule has 1 atom stereocenters. The molecular weight excluding hydrogens is 272 g/mol. The van der Waals surface area contributed by atoms with Crippen molar-refractivity contribution >= 4 is 21.9 Å². The highest BCUT2D eigenvalue weighted by Crippen LogP contribution is 2.35. The van der Waals surface area contributed by atoms with Crippen molar-refractivity contribution in [3.63, 3.8) is 0 Å². The van der Waals surface area contributed by atoms with E-state index in [1.54, 1.807) is 7.11 Å². The normalized spacial score (nSPS) is 18.1. The summed E-state index contributed by atoms with van der Waals surface area (Å²) in [5, 5.41) is 0. The van der Waals surface area contributed by atoms with Crippen LogP contribution < -0.4 is 4.74 Å². The van der Waals surface area contributed by atoms with Crippen LogP contribution in [0.5, 0.6) is 5.75 Å². The number of carbonyl (C=O) groups is 1. The summed E-state index contributed by atoms with van der Waals surface area (Å²) < 4.78 is 10.9. The SMILES string of the molecule is COC(=O)C1Cc2cc(Br)c(OC)cc2C1. The molecule has 0 spiro atoms. The van der Waals surface area contributed by atoms with Crippen LogP contribution in [0.25, 0.3) is 0 Å². The summed E-state index contributed by atoms with van der Waals surface area (Å²) in [6.07, 6.45) is 1.50. The molecule has 0 saturated heterocycles. The molecule has 0 aromatic heterocycles. The molecule has 2 rings (SSSR count). The van der Waals surface area contributed by atoms with Crippen LogP contribution in [0.4, 0.5) is 0 Å². The fourth-order valence-corrected chi connectivity index (χ4v) is 2.66. The van der Waals surface area contributed by atoms with Crippen molar-refractivity contribution in [2.45, 2.75) is 12.8 Å². The fraction of sp³-hybridized carbons (Fsp3) is 0.417. The summed E-state index contributed by atoms with van der Waals surface area (Å²) >= 11 is 3.44. The largest absolute Gasteiger partial charge is 0.496 e. The summed E-state index contributed by atoms with van der Waals surface area (Å²) in [5.41, 5.74) is 2.37. The Bertz CT molecular complexity index is 429. The second kappa shape index (κ2) is 4.45. The number of esters is 1. The minimum Gasteiger partial charge on any atom is -0.496 e. The van der Waals surface area contributed by atoms with Crippen molar-refractivity contribution in [2.75, 3.05) is 14.2 Å². The standard InChI is InChI=1S/C12H13BrO3/c1-15-11-6-8-4-9(12(14)16-2)3-7(8)5-10(11)13/h5-6,9H,3-4H2,1-2H3. The monoisotopic (exact) mass is 284 g/mol. The molecule has 0 radical (unpaired) electrons. The van der Waals surface area contributed by atoms with E-state index in [2.05, 4.69) is 15.9 Å². The van der Waals surface area contributed by atoms with E-state index in [-0.39, 0.29) is 11.9 Å². The molecule has 0 saturated carbocycles. The molecule has 0 aliphatic heterocycles. The van der Waals surface area contributed by atoms with Gasteiger partial charge in [0.15, 0.2) is 0 Å². The lowest BCUT2D eigenvalue weighted by molar-refractivity contribution is -0.145. The van der Waals surface area contributed by atoms with Gasteiger partial charge in [0.05, 0.1) is 24.6 Å². The number of hydrogen-bond donors (Lipinski definition) is 0. The smallest absolute Gasteiger partial charge is 0.309 e. The molecule has 0 heterocycles. The molecule has 0 amide bonds. The van der Waals surface area contributed by atoms with Gasteiger partial charge in [-0.3, -0.25) is 4.79 Å². The molecule has 0 fully saturated rings. The van der Waals surface area contributed by atoms with E-state index >= 15 is 0 Å². The quantitative estimate of drug-likeness (QED) is 0.782. The number of ether oxygens (including phenoxy) is 2. The van der Waals surface area contributed by atoms with Gasteiger partial charge in [-0.15, -0.1) is 0 Å². The molecule has 1 aromatic carbocycles. The lowest BCUT2D eigenvalue weighted by atomic mass is 10.1. The Kier molecular flexibility index (Phi) is 3.19. The van der Waals surface area contributed by atoms with Crippen molar-refractivity contribution in [3.8, 4) is 5.75 Å². The highest BCUT2D eigenvalue weighted by Gasteiger charge is 2.29. The minimum absolute atomic E-state index is 0.0426. The van der Waals surface area contributed by atoms with Crippen LogP contribution in [0, 0.1) is 5.92 Å². The first-order chi connectivity index (χ1) is 7.65. The van der Waals surface area contributed by atoms with E-state index in [1.165, 1.54) is 18.2 Å². The van der Waals surface area contributed by atoms with E-state index in [4.69, 9.17) is 9.47 Å². The van der Waals surface area contributed by atoms with Gasteiger partial charge in [0, 0.05) is 0 Å². The van der Waals surface area contributed by atoms with Crippen LogP contribution in [0.1, 0.15) is 11.1 Å². The predicted molar refractivity (Wildman–Crippen MR) is 63.6 cm³/mol. The molecule has 3 nitrogen and oxygen atoms in total. The number of methoxy groups -OCH3 is 2. The number of rotatable bonds is 2. The Labute approximate surface area is 103 Å². The van der Waals surface area contributed by atoms with Crippen LogP contribution in [-0.2, 0) is 22.4 Å². The van der Waals surface area contributed by atoms with E-state index in [1.807, 2.05) is 12.1 Å². The summed E-state index contributed by atoms with van der Waals surface area (Å²) in [5.74, 6) is 0.634. The summed E-state index contributed by atoms with van der Waals surface area (Å²) in [7, 11) is 3.07. The first-order valence-electron chi connectivity index (χ1n) is 5.08. The molecular formula is C12H13BrO3. The van der Waals surface area contributed by atoms with Crippen LogP contribution >= 0.6 is 15.9 Å². The van der Waals surface area contributed by atoms with Gasteiger partial charge in [-0.2, -0.15) is 0 Å². The molecule has 0 N–H and O–H groups in total. The third-order valence-corrected chi connectivity index (χ3v) is 3.56. The second-order valence-electron chi connectivity index (χ2n) is 3.88. The lowest BCUT2D eigenvalue weighted by Gasteiger charge is -2.05. The average molecular weight is 285 g/mol. The number of benzene rings is 1. The summed E-state index contributed by atoms with van der Waals surface area (Å²) in [4.78, 5) is 11.5. The summed E-state index contributed by atoms with van der Waals surface area (Å²) in [6.45, 7) is 0. The summed E-state index contributed by atoms with van der Waals surface area (Å²) in [6, 6.07) is 4.01. The van der Waals surface area contributed by atoms with E-state index < -0.39 is 0 Å². The van der Waals surface area contributed by atoms with Gasteiger partial charge < -0.3 is 9.47 Å². The molecule has 16 heavy (non-hydrogen) atoms. The van der Waals surface area contributed by atoms with Gasteiger partial charge in [-0.05, 0) is 52.0 Å². The third-order valence-electron chi connectivity index (χ3n) is 2.94. The maximum atomic E-state index is 11.5. The maximum Gasteiger partial charge on any atom is 0.309 e. The van der Waals surface area contributed by atoms with Gasteiger partial charge in [0.2, 0.25) is 0 Å². The van der Waals surface area contributed by atoms with Crippen molar-refractivity contribution in [1.82, 2.24) is 0 Å². The Balaban J connectivity index is 2.27. The highest BCUT2D eigenvalue weighted by molar-refractivity contribution is 9.10. The van der Waals surface area contributed by atoms with E-state index in [0.29, 0.717) is 0 Å². The first-order valence-corrected chi connectivity index (χ1v) is 5.88. The van der Waals surface area contributed by atoms with Gasteiger partial charge >= 0.3 is 5.97 Å². The van der Waals surface area contributed by atoms with Crippen LogP contribution in [0.3, 0.4) is 0 Å². The highest BCUT2D eigenvalue weighted by atomic mass is 79.9. The zero-order valence-electron chi connectivity index (χ0n) is 9.25. The molecule has 1 aliphatic rings. The van der Waals surface area contributed by atoms with Gasteiger partial charge in [-0.1, -0.05) is 0 Å². The lowest BCUT2D eigenvalue weighted by Crippen LogP contribution is -2.15. The van der Waals surface area contributed by atoms with Crippen LogP contribution in [0.2, 0.25) is 0 Å². The zero-order chi connectivity index (χ0) is 11.7. The Morgan fingerprint density at radius 2 is 1.94 bits per heavy atom. The molecule has 0 bridgehead atoms. The van der Waals surface area contributed by atoms with Gasteiger partial charge in [0.25, 0.3) is 0 Å². The topological polar surface area (TPSA) is 35.5 Å². The van der Waals surface area contributed by atoms with Gasteiger partial charge in [0.1, 0.15) is 5.75 Å². The average Bonchev–Trinajstić information content (AvgIpc) is 2.69. The van der Waals surface area contributed by atoms with Crippen molar-refractivity contribution < 1.29 is 14.3 Å². The fourth-order valence-electron chi connectivity index (χ4n) is 2.11. The van der Waals surface area contributed by atoms with Crippen molar-refractivity contribution in [1.29, 1.82) is 0 Å².